The SMILES string of the molecule is CC=CCC.CCC(O)CC.CCCCCCC(=O)O. The van der Waals surface area contributed by atoms with E-state index >= 15 is 0 Å². The summed E-state index contributed by atoms with van der Waals surface area (Å²) in [4.78, 5) is 9.96. The lowest BCUT2D eigenvalue weighted by molar-refractivity contribution is -0.137. The zero-order valence-electron chi connectivity index (χ0n) is 14.2. The summed E-state index contributed by atoms with van der Waals surface area (Å²) in [6.45, 7) is 10.2. The number of allylic oxidation sites excluding steroid dienone is 2. The molecule has 2 N–H and O–H groups in total. The average molecular weight is 288 g/mol. The maximum absolute atomic E-state index is 9.96. The summed E-state index contributed by atoms with van der Waals surface area (Å²) in [7, 11) is 0. The van der Waals surface area contributed by atoms with Gasteiger partial charge in [0.2, 0.25) is 0 Å². The molecule has 3 heteroatoms. The lowest BCUT2D eigenvalue weighted by Gasteiger charge is -1.98. The first-order valence-electron chi connectivity index (χ1n) is 8.00. The molecule has 0 rings (SSSR count). The lowest BCUT2D eigenvalue weighted by atomic mass is 10.2. The molecule has 0 atom stereocenters. The van der Waals surface area contributed by atoms with E-state index in [0.717, 1.165) is 38.5 Å². The van der Waals surface area contributed by atoms with Crippen LogP contribution in [0.1, 0.15) is 86.0 Å². The highest BCUT2D eigenvalue weighted by Gasteiger charge is 1.94. The Balaban J connectivity index is -0.000000230. The second kappa shape index (κ2) is 23.3. The van der Waals surface area contributed by atoms with E-state index in [0.29, 0.717) is 6.42 Å². The Morgan fingerprint density at radius 1 is 1.05 bits per heavy atom. The summed E-state index contributed by atoms with van der Waals surface area (Å²) in [5.41, 5.74) is 0. The van der Waals surface area contributed by atoms with Gasteiger partial charge in [0.05, 0.1) is 6.10 Å². The first-order chi connectivity index (χ1) is 9.49. The molecule has 0 aromatic rings. The molecule has 0 heterocycles. The third-order valence-corrected chi connectivity index (χ3v) is 2.66. The maximum atomic E-state index is 9.96. The number of unbranched alkanes of at least 4 members (excludes halogenated alkanes) is 3. The highest BCUT2D eigenvalue weighted by molar-refractivity contribution is 5.66. The molecule has 0 aliphatic heterocycles. The van der Waals surface area contributed by atoms with E-state index in [9.17, 15) is 4.79 Å². The largest absolute Gasteiger partial charge is 0.481 e. The van der Waals surface area contributed by atoms with E-state index < -0.39 is 5.97 Å². The molecule has 0 aliphatic rings. The molecule has 3 nitrogen and oxygen atoms in total. The number of hydrogen-bond donors (Lipinski definition) is 2. The van der Waals surface area contributed by atoms with E-state index in [-0.39, 0.29) is 6.10 Å². The van der Waals surface area contributed by atoms with Crippen molar-refractivity contribution in [1.82, 2.24) is 0 Å². The lowest BCUT2D eigenvalue weighted by Crippen LogP contribution is -1.99. The van der Waals surface area contributed by atoms with Crippen molar-refractivity contribution in [2.45, 2.75) is 92.1 Å². The van der Waals surface area contributed by atoms with Crippen LogP contribution in [0.3, 0.4) is 0 Å². The Morgan fingerprint density at radius 3 is 1.80 bits per heavy atom. The molecular formula is C17H36O3. The van der Waals surface area contributed by atoms with E-state index in [1.165, 1.54) is 6.42 Å². The van der Waals surface area contributed by atoms with Crippen LogP contribution >= 0.6 is 0 Å². The second-order valence-electron chi connectivity index (χ2n) is 4.65. The van der Waals surface area contributed by atoms with Crippen molar-refractivity contribution in [2.24, 2.45) is 0 Å². The third kappa shape index (κ3) is 36.0. The fourth-order valence-corrected chi connectivity index (χ4v) is 1.23. The van der Waals surface area contributed by atoms with Crippen LogP contribution in [-0.4, -0.2) is 22.3 Å². The van der Waals surface area contributed by atoms with Crippen LogP contribution in [0.25, 0.3) is 0 Å². The van der Waals surface area contributed by atoms with Gasteiger partial charge in [-0.25, -0.2) is 0 Å². The fourth-order valence-electron chi connectivity index (χ4n) is 1.23. The molecular weight excluding hydrogens is 252 g/mol. The molecule has 0 unspecified atom stereocenters. The Hall–Kier alpha value is -0.830. The summed E-state index contributed by atoms with van der Waals surface area (Å²) in [6, 6.07) is 0. The minimum absolute atomic E-state index is 0.0648. The minimum atomic E-state index is -0.675. The molecule has 0 bridgehead atoms. The zero-order valence-corrected chi connectivity index (χ0v) is 14.2. The predicted molar refractivity (Wildman–Crippen MR) is 88.1 cm³/mol. The molecule has 0 aromatic heterocycles. The van der Waals surface area contributed by atoms with Crippen molar-refractivity contribution in [3.05, 3.63) is 12.2 Å². The maximum Gasteiger partial charge on any atom is 0.303 e. The van der Waals surface area contributed by atoms with Crippen molar-refractivity contribution in [3.63, 3.8) is 0 Å². The van der Waals surface area contributed by atoms with Gasteiger partial charge in [-0.2, -0.15) is 0 Å². The standard InChI is InChI=1S/C7H14O2.C5H12O.C5H10/c1-2-3-4-5-6-7(8)9;1-3-5(6)4-2;1-3-5-4-2/h2-6H2,1H3,(H,8,9);5-6H,3-4H2,1-2H3;3,5H,4H2,1-2H3. The van der Waals surface area contributed by atoms with Gasteiger partial charge in [-0.3, -0.25) is 4.79 Å². The van der Waals surface area contributed by atoms with Crippen molar-refractivity contribution in [1.29, 1.82) is 0 Å². The van der Waals surface area contributed by atoms with Gasteiger partial charge in [-0.05, 0) is 32.6 Å². The van der Waals surface area contributed by atoms with Crippen LogP contribution < -0.4 is 0 Å². The van der Waals surface area contributed by atoms with Gasteiger partial charge in [0.15, 0.2) is 0 Å². The van der Waals surface area contributed by atoms with Crippen molar-refractivity contribution in [2.75, 3.05) is 0 Å². The first-order valence-corrected chi connectivity index (χ1v) is 8.00. The highest BCUT2D eigenvalue weighted by atomic mass is 16.4. The van der Waals surface area contributed by atoms with Gasteiger partial charge in [0.1, 0.15) is 0 Å². The first kappa shape index (κ1) is 24.2. The van der Waals surface area contributed by atoms with Crippen LogP contribution in [0.2, 0.25) is 0 Å². The van der Waals surface area contributed by atoms with Gasteiger partial charge in [0, 0.05) is 6.42 Å². The number of rotatable bonds is 8. The summed E-state index contributed by atoms with van der Waals surface area (Å²) >= 11 is 0. The molecule has 0 fully saturated rings. The average Bonchev–Trinajstić information content (AvgIpc) is 2.45. The quantitative estimate of drug-likeness (QED) is 0.478. The van der Waals surface area contributed by atoms with Crippen molar-refractivity contribution < 1.29 is 15.0 Å². The molecule has 0 saturated heterocycles. The monoisotopic (exact) mass is 288 g/mol. The molecule has 0 saturated carbocycles. The molecule has 122 valence electrons. The third-order valence-electron chi connectivity index (χ3n) is 2.66. The Bertz CT molecular complexity index is 196. The van der Waals surface area contributed by atoms with Gasteiger partial charge in [0.25, 0.3) is 0 Å². The van der Waals surface area contributed by atoms with Crippen LogP contribution in [-0.2, 0) is 4.79 Å². The molecule has 0 aliphatic carbocycles. The Morgan fingerprint density at radius 2 is 1.60 bits per heavy atom. The van der Waals surface area contributed by atoms with E-state index in [4.69, 9.17) is 10.2 Å². The van der Waals surface area contributed by atoms with Crippen LogP contribution in [0.4, 0.5) is 0 Å². The van der Waals surface area contributed by atoms with E-state index in [2.05, 4.69) is 26.0 Å². The number of carbonyl (C=O) groups is 1. The van der Waals surface area contributed by atoms with E-state index in [1.54, 1.807) is 0 Å². The van der Waals surface area contributed by atoms with Crippen LogP contribution in [0, 0.1) is 0 Å². The van der Waals surface area contributed by atoms with Gasteiger partial charge in [-0.15, -0.1) is 0 Å². The summed E-state index contributed by atoms with van der Waals surface area (Å²) in [5.74, 6) is -0.675. The summed E-state index contributed by atoms with van der Waals surface area (Å²) < 4.78 is 0. The number of carboxylic acid groups (broad SMARTS) is 1. The molecule has 0 aromatic carbocycles. The van der Waals surface area contributed by atoms with Crippen LogP contribution in [0.5, 0.6) is 0 Å². The highest BCUT2D eigenvalue weighted by Crippen LogP contribution is 2.01. The Labute approximate surface area is 126 Å². The number of hydrogen-bond acceptors (Lipinski definition) is 2. The summed E-state index contributed by atoms with van der Waals surface area (Å²) in [5, 5.41) is 16.9. The van der Waals surface area contributed by atoms with Crippen LogP contribution in [0.15, 0.2) is 12.2 Å². The van der Waals surface area contributed by atoms with Gasteiger partial charge < -0.3 is 10.2 Å². The zero-order chi connectivity index (χ0) is 16.2. The number of carboxylic acids is 1. The normalized spacial score (nSPS) is 9.75. The topological polar surface area (TPSA) is 57.5 Å². The molecule has 0 amide bonds. The molecule has 20 heavy (non-hydrogen) atoms. The summed E-state index contributed by atoms with van der Waals surface area (Å²) in [6.07, 6.45) is 11.6. The number of aliphatic carboxylic acids is 1. The van der Waals surface area contributed by atoms with Crippen molar-refractivity contribution >= 4 is 5.97 Å². The number of aliphatic hydroxyl groups excluding tert-OH is 1. The Kier molecular flexibility index (Phi) is 28.2. The second-order valence-corrected chi connectivity index (χ2v) is 4.65. The van der Waals surface area contributed by atoms with E-state index in [1.807, 2.05) is 20.8 Å². The molecule has 0 radical (unpaired) electrons. The van der Waals surface area contributed by atoms with Crippen molar-refractivity contribution in [3.8, 4) is 0 Å². The minimum Gasteiger partial charge on any atom is -0.481 e. The molecule has 0 spiro atoms. The van der Waals surface area contributed by atoms with Gasteiger partial charge >= 0.3 is 5.97 Å². The predicted octanol–water partition coefficient (Wildman–Crippen LogP) is 5.18. The van der Waals surface area contributed by atoms with Gasteiger partial charge in [-0.1, -0.05) is 59.1 Å². The smallest absolute Gasteiger partial charge is 0.303 e. The number of aliphatic hydroxyl groups is 1. The fraction of sp³-hybridized carbons (Fsp3) is 0.824.